The maximum Gasteiger partial charge on any atom is 0.0716 e. The van der Waals surface area contributed by atoms with Gasteiger partial charge in [-0.1, -0.05) is 61.5 Å². The molecule has 2 aromatic rings. The van der Waals surface area contributed by atoms with Gasteiger partial charge in [-0.2, -0.15) is 0 Å². The van der Waals surface area contributed by atoms with Crippen LogP contribution in [-0.2, 0) is 28.9 Å². The van der Waals surface area contributed by atoms with E-state index in [1.807, 2.05) is 13.0 Å². The van der Waals surface area contributed by atoms with Crippen molar-refractivity contribution >= 4 is 0 Å². The van der Waals surface area contributed by atoms with Crippen LogP contribution in [0.3, 0.4) is 0 Å². The maximum absolute atomic E-state index is 5.84. The van der Waals surface area contributed by atoms with E-state index in [0.29, 0.717) is 12.5 Å². The zero-order valence-corrected chi connectivity index (χ0v) is 14.3. The van der Waals surface area contributed by atoms with Gasteiger partial charge in [0.1, 0.15) is 0 Å². The van der Waals surface area contributed by atoms with Crippen LogP contribution in [0, 0.1) is 5.92 Å². The van der Waals surface area contributed by atoms with Crippen LogP contribution >= 0.6 is 0 Å². The Labute approximate surface area is 140 Å². The smallest absolute Gasteiger partial charge is 0.0716 e. The Morgan fingerprint density at radius 3 is 2.39 bits per heavy atom. The average Bonchev–Trinajstić information content (AvgIpc) is 2.58. The summed E-state index contributed by atoms with van der Waals surface area (Å²) >= 11 is 0. The molecule has 0 amide bonds. The SMILES string of the molecule is CCOCc1cccc(CC(C)COCCc2ccccc2)c1. The van der Waals surface area contributed by atoms with Gasteiger partial charge in [0.2, 0.25) is 0 Å². The normalized spacial score (nSPS) is 12.3. The third-order valence-electron chi connectivity index (χ3n) is 3.83. The Hall–Kier alpha value is -1.64. The number of hydrogen-bond donors (Lipinski definition) is 0. The van der Waals surface area contributed by atoms with E-state index >= 15 is 0 Å². The third-order valence-corrected chi connectivity index (χ3v) is 3.83. The van der Waals surface area contributed by atoms with Gasteiger partial charge in [0.15, 0.2) is 0 Å². The summed E-state index contributed by atoms with van der Waals surface area (Å²) in [4.78, 5) is 0. The standard InChI is InChI=1S/C21H28O2/c1-3-22-17-21-11-7-10-20(15-21)14-18(2)16-23-13-12-19-8-5-4-6-9-19/h4-11,15,18H,3,12-14,16-17H2,1-2H3. The van der Waals surface area contributed by atoms with E-state index < -0.39 is 0 Å². The first-order chi connectivity index (χ1) is 11.3. The lowest BCUT2D eigenvalue weighted by Gasteiger charge is -2.13. The van der Waals surface area contributed by atoms with E-state index in [9.17, 15) is 0 Å². The summed E-state index contributed by atoms with van der Waals surface area (Å²) < 4.78 is 11.3. The summed E-state index contributed by atoms with van der Waals surface area (Å²) in [6, 6.07) is 19.2. The highest BCUT2D eigenvalue weighted by molar-refractivity contribution is 5.23. The summed E-state index contributed by atoms with van der Waals surface area (Å²) in [6.45, 7) is 7.33. The van der Waals surface area contributed by atoms with Crippen LogP contribution in [0.4, 0.5) is 0 Å². The minimum Gasteiger partial charge on any atom is -0.381 e. The van der Waals surface area contributed by atoms with E-state index in [0.717, 1.165) is 32.7 Å². The first kappa shape index (κ1) is 17.7. The first-order valence-corrected chi connectivity index (χ1v) is 8.55. The van der Waals surface area contributed by atoms with Crippen molar-refractivity contribution in [2.24, 2.45) is 5.92 Å². The minimum atomic E-state index is 0.521. The van der Waals surface area contributed by atoms with Gasteiger partial charge in [0.25, 0.3) is 0 Å². The van der Waals surface area contributed by atoms with Crippen LogP contribution < -0.4 is 0 Å². The lowest BCUT2D eigenvalue weighted by molar-refractivity contribution is 0.107. The molecule has 0 bridgehead atoms. The first-order valence-electron chi connectivity index (χ1n) is 8.55. The predicted octanol–water partition coefficient (Wildman–Crippen LogP) is 4.66. The second-order valence-electron chi connectivity index (χ2n) is 6.08. The van der Waals surface area contributed by atoms with E-state index in [2.05, 4.69) is 55.5 Å². The highest BCUT2D eigenvalue weighted by Gasteiger charge is 2.05. The molecule has 2 nitrogen and oxygen atoms in total. The van der Waals surface area contributed by atoms with Crippen LogP contribution in [-0.4, -0.2) is 19.8 Å². The maximum atomic E-state index is 5.84. The van der Waals surface area contributed by atoms with Gasteiger partial charge in [-0.3, -0.25) is 0 Å². The molecular formula is C21H28O2. The zero-order chi connectivity index (χ0) is 16.3. The molecular weight excluding hydrogens is 284 g/mol. The summed E-state index contributed by atoms with van der Waals surface area (Å²) in [5, 5.41) is 0. The molecule has 0 fully saturated rings. The Balaban J connectivity index is 1.69. The fourth-order valence-corrected chi connectivity index (χ4v) is 2.65. The summed E-state index contributed by atoms with van der Waals surface area (Å²) in [7, 11) is 0. The van der Waals surface area contributed by atoms with Crippen molar-refractivity contribution in [3.05, 3.63) is 71.3 Å². The molecule has 23 heavy (non-hydrogen) atoms. The summed E-state index contributed by atoms with van der Waals surface area (Å²) in [6.07, 6.45) is 2.03. The topological polar surface area (TPSA) is 18.5 Å². The largest absolute Gasteiger partial charge is 0.381 e. The molecule has 0 radical (unpaired) electrons. The van der Waals surface area contributed by atoms with Crippen molar-refractivity contribution < 1.29 is 9.47 Å². The predicted molar refractivity (Wildman–Crippen MR) is 95.6 cm³/mol. The molecule has 0 aromatic heterocycles. The van der Waals surface area contributed by atoms with Crippen LogP contribution in [0.1, 0.15) is 30.5 Å². The van der Waals surface area contributed by atoms with E-state index in [1.54, 1.807) is 0 Å². The molecule has 0 saturated carbocycles. The quantitative estimate of drug-likeness (QED) is 0.594. The molecule has 2 aromatic carbocycles. The number of rotatable bonds is 10. The Morgan fingerprint density at radius 1 is 0.870 bits per heavy atom. The number of hydrogen-bond acceptors (Lipinski definition) is 2. The lowest BCUT2D eigenvalue weighted by atomic mass is 10.0. The monoisotopic (exact) mass is 312 g/mol. The van der Waals surface area contributed by atoms with Crippen LogP contribution in [0.15, 0.2) is 54.6 Å². The molecule has 0 aliphatic heterocycles. The molecule has 2 heteroatoms. The molecule has 0 aliphatic rings. The summed E-state index contributed by atoms with van der Waals surface area (Å²) in [5.74, 6) is 0.521. The van der Waals surface area contributed by atoms with Gasteiger partial charge in [0.05, 0.1) is 13.2 Å². The second kappa shape index (κ2) is 10.2. The fourth-order valence-electron chi connectivity index (χ4n) is 2.65. The van der Waals surface area contributed by atoms with Gasteiger partial charge in [-0.15, -0.1) is 0 Å². The van der Waals surface area contributed by atoms with Gasteiger partial charge >= 0.3 is 0 Å². The van der Waals surface area contributed by atoms with Crippen LogP contribution in [0.25, 0.3) is 0 Å². The van der Waals surface area contributed by atoms with Crippen molar-refractivity contribution in [2.75, 3.05) is 19.8 Å². The molecule has 0 spiro atoms. The average molecular weight is 312 g/mol. The van der Waals surface area contributed by atoms with Crippen molar-refractivity contribution in [2.45, 2.75) is 33.3 Å². The fraction of sp³-hybridized carbons (Fsp3) is 0.429. The van der Waals surface area contributed by atoms with Crippen molar-refractivity contribution in [1.82, 2.24) is 0 Å². The molecule has 1 atom stereocenters. The Kier molecular flexibility index (Phi) is 7.85. The van der Waals surface area contributed by atoms with Crippen molar-refractivity contribution in [3.63, 3.8) is 0 Å². The van der Waals surface area contributed by atoms with E-state index in [1.165, 1.54) is 16.7 Å². The molecule has 0 heterocycles. The van der Waals surface area contributed by atoms with Gasteiger partial charge in [0, 0.05) is 13.2 Å². The lowest BCUT2D eigenvalue weighted by Crippen LogP contribution is -2.11. The molecule has 0 aliphatic carbocycles. The molecule has 124 valence electrons. The molecule has 2 rings (SSSR count). The Bertz CT molecular complexity index is 551. The number of benzene rings is 2. The zero-order valence-electron chi connectivity index (χ0n) is 14.3. The van der Waals surface area contributed by atoms with E-state index in [4.69, 9.17) is 9.47 Å². The Morgan fingerprint density at radius 2 is 1.61 bits per heavy atom. The molecule has 0 N–H and O–H groups in total. The van der Waals surface area contributed by atoms with Gasteiger partial charge in [-0.05, 0) is 42.4 Å². The number of ether oxygens (including phenoxy) is 2. The second-order valence-corrected chi connectivity index (χ2v) is 6.08. The van der Waals surface area contributed by atoms with Crippen LogP contribution in [0.2, 0.25) is 0 Å². The van der Waals surface area contributed by atoms with Gasteiger partial charge in [-0.25, -0.2) is 0 Å². The molecule has 0 saturated heterocycles. The van der Waals surface area contributed by atoms with E-state index in [-0.39, 0.29) is 0 Å². The van der Waals surface area contributed by atoms with Crippen LogP contribution in [0.5, 0.6) is 0 Å². The minimum absolute atomic E-state index is 0.521. The summed E-state index contributed by atoms with van der Waals surface area (Å²) in [5.41, 5.74) is 3.95. The van der Waals surface area contributed by atoms with Crippen molar-refractivity contribution in [1.29, 1.82) is 0 Å². The van der Waals surface area contributed by atoms with Gasteiger partial charge < -0.3 is 9.47 Å². The van der Waals surface area contributed by atoms with Crippen molar-refractivity contribution in [3.8, 4) is 0 Å². The third kappa shape index (κ3) is 6.98. The highest BCUT2D eigenvalue weighted by Crippen LogP contribution is 2.12. The highest BCUT2D eigenvalue weighted by atomic mass is 16.5. The molecule has 1 unspecified atom stereocenters.